The molecule has 0 aliphatic carbocycles. The minimum atomic E-state index is 0. The number of nitrogens with zero attached hydrogens (tertiary/aromatic N) is 5. The highest BCUT2D eigenvalue weighted by Gasteiger charge is 2.22. The summed E-state index contributed by atoms with van der Waals surface area (Å²) in [6.07, 6.45) is 2.75. The first-order valence-electron chi connectivity index (χ1n) is 10.7. The van der Waals surface area contributed by atoms with Crippen molar-refractivity contribution in [1.82, 2.24) is 20.8 Å². The van der Waals surface area contributed by atoms with Gasteiger partial charge in [-0.15, -0.1) is 24.0 Å². The summed E-state index contributed by atoms with van der Waals surface area (Å²) in [5.74, 6) is 2.40. The van der Waals surface area contributed by atoms with Gasteiger partial charge in [0.05, 0.1) is 17.8 Å². The van der Waals surface area contributed by atoms with E-state index in [1.165, 1.54) is 0 Å². The van der Waals surface area contributed by atoms with Gasteiger partial charge in [0.15, 0.2) is 11.8 Å². The zero-order valence-electron chi connectivity index (χ0n) is 18.5. The number of halogens is 1. The van der Waals surface area contributed by atoms with Crippen LogP contribution in [0.25, 0.3) is 0 Å². The molecule has 2 aromatic rings. The van der Waals surface area contributed by atoms with Crippen molar-refractivity contribution in [1.29, 1.82) is 5.26 Å². The Labute approximate surface area is 201 Å². The molecule has 3 rings (SSSR count). The third-order valence-electron chi connectivity index (χ3n) is 5.07. The number of anilines is 1. The van der Waals surface area contributed by atoms with Crippen molar-refractivity contribution in [2.24, 2.45) is 4.99 Å². The predicted octanol–water partition coefficient (Wildman–Crippen LogP) is 3.45. The van der Waals surface area contributed by atoms with Crippen molar-refractivity contribution in [2.45, 2.75) is 52.0 Å². The summed E-state index contributed by atoms with van der Waals surface area (Å²) < 4.78 is 5.30. The van der Waals surface area contributed by atoms with Gasteiger partial charge in [0, 0.05) is 38.0 Å². The molecule has 1 aliphatic heterocycles. The molecule has 0 spiro atoms. The molecule has 1 unspecified atom stereocenters. The number of guanidine groups is 1. The van der Waals surface area contributed by atoms with E-state index in [1.54, 1.807) is 0 Å². The molecular weight excluding hydrogens is 505 g/mol. The first kappa shape index (κ1) is 24.9. The summed E-state index contributed by atoms with van der Waals surface area (Å²) in [6, 6.07) is 10.4. The van der Waals surface area contributed by atoms with Crippen LogP contribution >= 0.6 is 24.0 Å². The molecule has 1 aliphatic rings. The van der Waals surface area contributed by atoms with Gasteiger partial charge < -0.3 is 20.1 Å². The van der Waals surface area contributed by atoms with E-state index in [9.17, 15) is 5.26 Å². The maximum absolute atomic E-state index is 9.41. The monoisotopic (exact) mass is 537 g/mol. The molecule has 1 saturated heterocycles. The summed E-state index contributed by atoms with van der Waals surface area (Å²) in [5.41, 5.74) is 1.73. The highest BCUT2D eigenvalue weighted by Crippen LogP contribution is 2.23. The lowest BCUT2D eigenvalue weighted by atomic mass is 10.0. The second kappa shape index (κ2) is 12.5. The first-order chi connectivity index (χ1) is 14.6. The quantitative estimate of drug-likeness (QED) is 0.317. The number of rotatable bonds is 7. The van der Waals surface area contributed by atoms with Crippen LogP contribution in [0.4, 0.5) is 5.69 Å². The Morgan fingerprint density at radius 3 is 2.90 bits per heavy atom. The van der Waals surface area contributed by atoms with E-state index in [-0.39, 0.29) is 35.9 Å². The fourth-order valence-electron chi connectivity index (χ4n) is 3.54. The number of benzene rings is 1. The van der Waals surface area contributed by atoms with E-state index >= 15 is 0 Å². The van der Waals surface area contributed by atoms with E-state index in [0.717, 1.165) is 55.5 Å². The number of nitrogens with one attached hydrogen (secondary N) is 2. The number of aliphatic imine (C=N–C) groups is 1. The normalized spacial score (nSPS) is 16.5. The van der Waals surface area contributed by atoms with Gasteiger partial charge in [-0.2, -0.15) is 10.2 Å². The standard InChI is InChI=1S/C22H31N7O.HI/c1-4-24-22(25-12-11-20-27-21(16(2)3)28-30-20)26-18-9-7-13-29(15-18)19-10-6-5-8-17(19)14-23;/h5-6,8,10,16,18H,4,7,9,11-13,15H2,1-3H3,(H2,24,25,26);1H. The van der Waals surface area contributed by atoms with Gasteiger partial charge in [-0.1, -0.05) is 31.1 Å². The van der Waals surface area contributed by atoms with Gasteiger partial charge in [-0.05, 0) is 31.9 Å². The first-order valence-corrected chi connectivity index (χ1v) is 10.7. The summed E-state index contributed by atoms with van der Waals surface area (Å²) in [6.45, 7) is 9.30. The van der Waals surface area contributed by atoms with Crippen LogP contribution in [0.5, 0.6) is 0 Å². The smallest absolute Gasteiger partial charge is 0.228 e. The van der Waals surface area contributed by atoms with Crippen LogP contribution in [0.2, 0.25) is 0 Å². The van der Waals surface area contributed by atoms with Gasteiger partial charge in [0.25, 0.3) is 0 Å². The fraction of sp³-hybridized carbons (Fsp3) is 0.545. The molecule has 8 nitrogen and oxygen atoms in total. The summed E-state index contributed by atoms with van der Waals surface area (Å²) >= 11 is 0. The van der Waals surface area contributed by atoms with Crippen LogP contribution in [0, 0.1) is 11.3 Å². The molecule has 9 heteroatoms. The topological polar surface area (TPSA) is 102 Å². The van der Waals surface area contributed by atoms with E-state index in [1.807, 2.05) is 38.1 Å². The van der Waals surface area contributed by atoms with Crippen LogP contribution in [-0.2, 0) is 6.42 Å². The third-order valence-corrected chi connectivity index (χ3v) is 5.07. The molecule has 2 heterocycles. The Balaban J connectivity index is 0.00000341. The zero-order valence-corrected chi connectivity index (χ0v) is 20.8. The summed E-state index contributed by atoms with van der Waals surface area (Å²) in [4.78, 5) is 11.4. The van der Waals surface area contributed by atoms with Crippen LogP contribution in [0.15, 0.2) is 33.8 Å². The number of piperidine rings is 1. The average Bonchev–Trinajstić information content (AvgIpc) is 3.23. The Morgan fingerprint density at radius 2 is 2.19 bits per heavy atom. The minimum Gasteiger partial charge on any atom is -0.368 e. The van der Waals surface area contributed by atoms with Crippen LogP contribution in [0.1, 0.15) is 56.8 Å². The molecular formula is C22H32IN7O. The lowest BCUT2D eigenvalue weighted by Crippen LogP contribution is -2.51. The molecule has 0 bridgehead atoms. The van der Waals surface area contributed by atoms with Crippen molar-refractivity contribution >= 4 is 35.6 Å². The highest BCUT2D eigenvalue weighted by molar-refractivity contribution is 14.0. The van der Waals surface area contributed by atoms with Gasteiger partial charge in [-0.25, -0.2) is 0 Å². The summed E-state index contributed by atoms with van der Waals surface area (Å²) in [7, 11) is 0. The third kappa shape index (κ3) is 7.09. The molecule has 0 amide bonds. The second-order valence-corrected chi connectivity index (χ2v) is 7.77. The number of para-hydroxylation sites is 1. The van der Waals surface area contributed by atoms with Crippen molar-refractivity contribution in [3.63, 3.8) is 0 Å². The SMILES string of the molecule is CCNC(=NCCc1nc(C(C)C)no1)NC1CCCN(c2ccccc2C#N)C1.I. The molecule has 1 aromatic heterocycles. The average molecular weight is 537 g/mol. The maximum Gasteiger partial charge on any atom is 0.228 e. The maximum atomic E-state index is 9.41. The molecule has 0 radical (unpaired) electrons. The molecule has 168 valence electrons. The number of hydrogen-bond acceptors (Lipinski definition) is 6. The van der Waals surface area contributed by atoms with E-state index in [4.69, 9.17) is 4.52 Å². The van der Waals surface area contributed by atoms with E-state index in [0.29, 0.717) is 18.9 Å². The molecule has 31 heavy (non-hydrogen) atoms. The Hall–Kier alpha value is -2.35. The van der Waals surface area contributed by atoms with Gasteiger partial charge in [0.2, 0.25) is 5.89 Å². The largest absolute Gasteiger partial charge is 0.368 e. The Bertz CT molecular complexity index is 890. The van der Waals surface area contributed by atoms with Crippen molar-refractivity contribution in [3.8, 4) is 6.07 Å². The highest BCUT2D eigenvalue weighted by atomic mass is 127. The Kier molecular flexibility index (Phi) is 10.0. The van der Waals surface area contributed by atoms with E-state index in [2.05, 4.69) is 43.7 Å². The van der Waals surface area contributed by atoms with Crippen molar-refractivity contribution in [2.75, 3.05) is 31.1 Å². The van der Waals surface area contributed by atoms with Crippen molar-refractivity contribution < 1.29 is 4.52 Å². The number of nitriles is 1. The summed E-state index contributed by atoms with van der Waals surface area (Å²) in [5, 5.41) is 20.3. The molecule has 0 saturated carbocycles. The molecule has 1 atom stereocenters. The van der Waals surface area contributed by atoms with Gasteiger partial charge in [-0.3, -0.25) is 4.99 Å². The molecule has 1 aromatic carbocycles. The lowest BCUT2D eigenvalue weighted by molar-refractivity contribution is 0.372. The van der Waals surface area contributed by atoms with E-state index < -0.39 is 0 Å². The fourth-order valence-corrected chi connectivity index (χ4v) is 3.54. The molecule has 1 fully saturated rings. The molecule has 2 N–H and O–H groups in total. The van der Waals surface area contributed by atoms with Gasteiger partial charge in [0.1, 0.15) is 6.07 Å². The minimum absolute atomic E-state index is 0. The number of hydrogen-bond donors (Lipinski definition) is 2. The van der Waals surface area contributed by atoms with Gasteiger partial charge >= 0.3 is 0 Å². The van der Waals surface area contributed by atoms with Crippen LogP contribution < -0.4 is 15.5 Å². The number of aromatic nitrogens is 2. The second-order valence-electron chi connectivity index (χ2n) is 7.77. The van der Waals surface area contributed by atoms with Crippen molar-refractivity contribution in [3.05, 3.63) is 41.5 Å². The lowest BCUT2D eigenvalue weighted by Gasteiger charge is -2.35. The van der Waals surface area contributed by atoms with Crippen LogP contribution in [0.3, 0.4) is 0 Å². The predicted molar refractivity (Wildman–Crippen MR) is 133 cm³/mol. The Morgan fingerprint density at radius 1 is 1.39 bits per heavy atom. The van der Waals surface area contributed by atoms with Crippen LogP contribution in [-0.4, -0.2) is 48.3 Å². The zero-order chi connectivity index (χ0) is 21.3.